The largest absolute Gasteiger partial charge is 0.489 e. The maximum absolute atomic E-state index is 13.5. The van der Waals surface area contributed by atoms with Gasteiger partial charge in [-0.05, 0) is 37.1 Å². The van der Waals surface area contributed by atoms with E-state index in [1.54, 1.807) is 6.07 Å². The van der Waals surface area contributed by atoms with E-state index in [9.17, 15) is 4.39 Å². The number of hydrogen-bond acceptors (Lipinski definition) is 2. The molecular formula is C16H17ClFNO. The summed E-state index contributed by atoms with van der Waals surface area (Å²) >= 11 is 6.05. The van der Waals surface area contributed by atoms with Crippen molar-refractivity contribution < 1.29 is 9.13 Å². The highest BCUT2D eigenvalue weighted by Gasteiger charge is 2.06. The third kappa shape index (κ3) is 4.22. The molecule has 2 rings (SSSR count). The zero-order chi connectivity index (χ0) is 14.5. The molecule has 0 spiro atoms. The number of benzene rings is 2. The lowest BCUT2D eigenvalue weighted by molar-refractivity contribution is 0.304. The highest BCUT2D eigenvalue weighted by Crippen LogP contribution is 2.21. The average molecular weight is 294 g/mol. The molecule has 0 saturated carbocycles. The molecular weight excluding hydrogens is 277 g/mol. The molecule has 0 aliphatic rings. The van der Waals surface area contributed by atoms with Crippen molar-refractivity contribution in [1.29, 1.82) is 0 Å². The minimum absolute atomic E-state index is 0.0202. The first kappa shape index (κ1) is 14.8. The first-order valence-corrected chi connectivity index (χ1v) is 6.83. The van der Waals surface area contributed by atoms with Crippen molar-refractivity contribution in [1.82, 2.24) is 0 Å². The Bertz CT molecular complexity index is 586. The second kappa shape index (κ2) is 6.73. The van der Waals surface area contributed by atoms with Crippen molar-refractivity contribution in [3.63, 3.8) is 0 Å². The fraction of sp³-hybridized carbons (Fsp3) is 0.250. The van der Waals surface area contributed by atoms with Crippen LogP contribution in [0.15, 0.2) is 42.5 Å². The molecule has 0 saturated heterocycles. The lowest BCUT2D eigenvalue weighted by Crippen LogP contribution is -2.17. The summed E-state index contributed by atoms with van der Waals surface area (Å²) in [4.78, 5) is 0. The van der Waals surface area contributed by atoms with Crippen molar-refractivity contribution in [3.05, 3.63) is 64.4 Å². The van der Waals surface area contributed by atoms with Gasteiger partial charge >= 0.3 is 0 Å². The third-order valence-electron chi connectivity index (χ3n) is 2.84. The summed E-state index contributed by atoms with van der Waals surface area (Å²) in [6.07, 6.45) is 0.611. The molecule has 0 fully saturated rings. The van der Waals surface area contributed by atoms with Crippen LogP contribution in [0.4, 0.5) is 4.39 Å². The molecule has 0 aromatic heterocycles. The van der Waals surface area contributed by atoms with E-state index in [4.69, 9.17) is 22.1 Å². The second-order valence-electron chi connectivity index (χ2n) is 4.86. The van der Waals surface area contributed by atoms with Crippen molar-refractivity contribution in [3.8, 4) is 5.75 Å². The van der Waals surface area contributed by atoms with Crippen LogP contribution in [0.1, 0.15) is 18.1 Å². The smallest absolute Gasteiger partial charge is 0.127 e. The zero-order valence-electron chi connectivity index (χ0n) is 11.3. The van der Waals surface area contributed by atoms with E-state index in [2.05, 4.69) is 0 Å². The van der Waals surface area contributed by atoms with E-state index in [0.717, 1.165) is 11.1 Å². The number of rotatable bonds is 5. The van der Waals surface area contributed by atoms with Crippen LogP contribution in [0.2, 0.25) is 5.02 Å². The Labute approximate surface area is 123 Å². The molecule has 2 N–H and O–H groups in total. The van der Waals surface area contributed by atoms with Crippen LogP contribution < -0.4 is 10.5 Å². The van der Waals surface area contributed by atoms with Gasteiger partial charge in [-0.15, -0.1) is 0 Å². The zero-order valence-corrected chi connectivity index (χ0v) is 12.0. The third-order valence-corrected chi connectivity index (χ3v) is 3.21. The summed E-state index contributed by atoms with van der Waals surface area (Å²) in [6, 6.07) is 12.1. The fourth-order valence-corrected chi connectivity index (χ4v) is 2.16. The Morgan fingerprint density at radius 2 is 2.00 bits per heavy atom. The maximum Gasteiger partial charge on any atom is 0.127 e. The van der Waals surface area contributed by atoms with Gasteiger partial charge < -0.3 is 10.5 Å². The van der Waals surface area contributed by atoms with Crippen molar-refractivity contribution in [2.24, 2.45) is 5.73 Å². The van der Waals surface area contributed by atoms with E-state index in [1.165, 1.54) is 12.1 Å². The van der Waals surface area contributed by atoms with Gasteiger partial charge in [-0.3, -0.25) is 0 Å². The Hall–Kier alpha value is -1.58. The molecule has 2 nitrogen and oxygen atoms in total. The standard InChI is InChI=1S/C16H17ClFNO/c1-11(19)6-12-7-14(18)9-15(8-12)20-10-13-4-2-3-5-16(13)17/h2-5,7-9,11H,6,10,19H2,1H3. The quantitative estimate of drug-likeness (QED) is 0.906. The molecule has 4 heteroatoms. The summed E-state index contributed by atoms with van der Waals surface area (Å²) in [5, 5.41) is 0.639. The molecule has 1 unspecified atom stereocenters. The first-order chi connectivity index (χ1) is 9.54. The van der Waals surface area contributed by atoms with Gasteiger partial charge in [0.05, 0.1) is 0 Å². The van der Waals surface area contributed by atoms with E-state index in [-0.39, 0.29) is 11.9 Å². The fourth-order valence-electron chi connectivity index (χ4n) is 1.97. The number of ether oxygens (including phenoxy) is 1. The highest BCUT2D eigenvalue weighted by atomic mass is 35.5. The monoisotopic (exact) mass is 293 g/mol. The Morgan fingerprint density at radius 1 is 1.25 bits per heavy atom. The molecule has 0 heterocycles. The second-order valence-corrected chi connectivity index (χ2v) is 5.26. The predicted octanol–water partition coefficient (Wildman–Crippen LogP) is 3.95. The maximum atomic E-state index is 13.5. The topological polar surface area (TPSA) is 35.2 Å². The Morgan fingerprint density at radius 3 is 2.70 bits per heavy atom. The predicted molar refractivity (Wildman–Crippen MR) is 79.5 cm³/mol. The summed E-state index contributed by atoms with van der Waals surface area (Å²) in [7, 11) is 0. The lowest BCUT2D eigenvalue weighted by Gasteiger charge is -2.11. The summed E-state index contributed by atoms with van der Waals surface area (Å²) in [5.41, 5.74) is 7.42. The summed E-state index contributed by atoms with van der Waals surface area (Å²) in [5.74, 6) is 0.165. The Kier molecular flexibility index (Phi) is 4.99. The molecule has 20 heavy (non-hydrogen) atoms. The van der Waals surface area contributed by atoms with Gasteiger partial charge in [0.25, 0.3) is 0 Å². The van der Waals surface area contributed by atoms with Crippen LogP contribution in [0.5, 0.6) is 5.75 Å². The van der Waals surface area contributed by atoms with Gasteiger partial charge in [0.1, 0.15) is 18.2 Å². The lowest BCUT2D eigenvalue weighted by atomic mass is 10.1. The van der Waals surface area contributed by atoms with E-state index < -0.39 is 0 Å². The number of halogens is 2. The molecule has 0 radical (unpaired) electrons. The number of nitrogens with two attached hydrogens (primary N) is 1. The van der Waals surface area contributed by atoms with Crippen LogP contribution in [0.3, 0.4) is 0 Å². The number of hydrogen-bond donors (Lipinski definition) is 1. The van der Waals surface area contributed by atoms with Crippen LogP contribution >= 0.6 is 11.6 Å². The van der Waals surface area contributed by atoms with Gasteiger partial charge in [-0.2, -0.15) is 0 Å². The molecule has 0 aliphatic heterocycles. The summed E-state index contributed by atoms with van der Waals surface area (Å²) < 4.78 is 19.1. The van der Waals surface area contributed by atoms with Gasteiger partial charge in [-0.1, -0.05) is 29.8 Å². The minimum atomic E-state index is -0.322. The summed E-state index contributed by atoms with van der Waals surface area (Å²) in [6.45, 7) is 2.19. The highest BCUT2D eigenvalue weighted by molar-refractivity contribution is 6.31. The van der Waals surface area contributed by atoms with Crippen LogP contribution in [0, 0.1) is 5.82 Å². The molecule has 2 aromatic rings. The van der Waals surface area contributed by atoms with Crippen molar-refractivity contribution in [2.45, 2.75) is 26.0 Å². The normalized spacial score (nSPS) is 12.2. The molecule has 106 valence electrons. The van der Waals surface area contributed by atoms with Crippen LogP contribution in [-0.4, -0.2) is 6.04 Å². The van der Waals surface area contributed by atoms with Crippen molar-refractivity contribution >= 4 is 11.6 Å². The molecule has 0 aliphatic carbocycles. The molecule has 0 amide bonds. The minimum Gasteiger partial charge on any atom is -0.489 e. The van der Waals surface area contributed by atoms with Crippen LogP contribution in [-0.2, 0) is 13.0 Å². The average Bonchev–Trinajstić information content (AvgIpc) is 2.36. The first-order valence-electron chi connectivity index (χ1n) is 6.46. The van der Waals surface area contributed by atoms with E-state index >= 15 is 0 Å². The van der Waals surface area contributed by atoms with Gasteiger partial charge in [-0.25, -0.2) is 4.39 Å². The van der Waals surface area contributed by atoms with Crippen LogP contribution in [0.25, 0.3) is 0 Å². The molecule has 1 atom stereocenters. The molecule has 0 bridgehead atoms. The van der Waals surface area contributed by atoms with Crippen molar-refractivity contribution in [2.75, 3.05) is 0 Å². The molecule has 2 aromatic carbocycles. The van der Waals surface area contributed by atoms with Gasteiger partial charge in [0.2, 0.25) is 0 Å². The Balaban J connectivity index is 2.09. The van der Waals surface area contributed by atoms with E-state index in [1.807, 2.05) is 31.2 Å². The van der Waals surface area contributed by atoms with Gasteiger partial charge in [0, 0.05) is 22.7 Å². The SMILES string of the molecule is CC(N)Cc1cc(F)cc(OCc2ccccc2Cl)c1. The van der Waals surface area contributed by atoms with Gasteiger partial charge in [0.15, 0.2) is 0 Å². The van der Waals surface area contributed by atoms with E-state index in [0.29, 0.717) is 23.8 Å².